The van der Waals surface area contributed by atoms with E-state index in [0.717, 1.165) is 23.5 Å². The summed E-state index contributed by atoms with van der Waals surface area (Å²) in [6, 6.07) is 0.352. The molecule has 1 N–H and O–H groups in total. The van der Waals surface area contributed by atoms with Crippen LogP contribution in [0, 0.1) is 5.92 Å². The van der Waals surface area contributed by atoms with Crippen molar-refractivity contribution < 1.29 is 9.59 Å². The second kappa shape index (κ2) is 7.11. The summed E-state index contributed by atoms with van der Waals surface area (Å²) in [5, 5.41) is 9.19. The molecule has 2 aliphatic rings. The van der Waals surface area contributed by atoms with Gasteiger partial charge in [-0.2, -0.15) is 5.10 Å². The average Bonchev–Trinajstić information content (AvgIpc) is 3.32. The molecule has 2 amide bonds. The zero-order valence-electron chi connectivity index (χ0n) is 14.2. The highest BCUT2D eigenvalue weighted by atomic mass is 32.1. The molecule has 2 aromatic heterocycles. The fourth-order valence-electron chi connectivity index (χ4n) is 3.95. The fraction of sp³-hybridized carbons (Fsp3) is 0.647. The Morgan fingerprint density at radius 2 is 2.16 bits per heavy atom. The van der Waals surface area contributed by atoms with E-state index in [1.165, 1.54) is 25.6 Å². The highest BCUT2D eigenvalue weighted by Crippen LogP contribution is 2.28. The van der Waals surface area contributed by atoms with Crippen LogP contribution in [-0.4, -0.2) is 50.4 Å². The van der Waals surface area contributed by atoms with Crippen molar-refractivity contribution in [3.05, 3.63) is 17.4 Å². The van der Waals surface area contributed by atoms with Crippen LogP contribution in [-0.2, 0) is 16.0 Å². The van der Waals surface area contributed by atoms with Gasteiger partial charge >= 0.3 is 0 Å². The van der Waals surface area contributed by atoms with Crippen molar-refractivity contribution in [2.75, 3.05) is 13.1 Å². The van der Waals surface area contributed by atoms with E-state index in [1.54, 1.807) is 15.9 Å². The molecular weight excluding hydrogens is 338 g/mol. The third-order valence-corrected chi connectivity index (χ3v) is 6.19. The summed E-state index contributed by atoms with van der Waals surface area (Å²) < 4.78 is 1.81. The summed E-state index contributed by atoms with van der Waals surface area (Å²) in [7, 11) is 0. The molecule has 0 radical (unpaired) electrons. The summed E-state index contributed by atoms with van der Waals surface area (Å²) in [6.07, 6.45) is 8.45. The largest absolute Gasteiger partial charge is 0.355 e. The van der Waals surface area contributed by atoms with Crippen LogP contribution >= 0.6 is 11.3 Å². The SMILES string of the molecule is O=C(NCCc1csc2ncnn12)C1CC(=O)N(C2CCCCC2)C1. The average molecular weight is 361 g/mol. The molecule has 8 heteroatoms. The predicted molar refractivity (Wildman–Crippen MR) is 94.3 cm³/mol. The van der Waals surface area contributed by atoms with E-state index in [9.17, 15) is 9.59 Å². The maximum Gasteiger partial charge on any atom is 0.225 e. The van der Waals surface area contributed by atoms with Gasteiger partial charge in [-0.25, -0.2) is 9.50 Å². The van der Waals surface area contributed by atoms with Crippen LogP contribution in [0.2, 0.25) is 0 Å². The van der Waals surface area contributed by atoms with Crippen molar-refractivity contribution in [3.63, 3.8) is 0 Å². The minimum absolute atomic E-state index is 0.00303. The molecule has 3 heterocycles. The first kappa shape index (κ1) is 16.5. The molecule has 1 saturated carbocycles. The summed E-state index contributed by atoms with van der Waals surface area (Å²) in [5.74, 6) is -0.0609. The van der Waals surface area contributed by atoms with Crippen LogP contribution in [0.15, 0.2) is 11.7 Å². The molecule has 7 nitrogen and oxygen atoms in total. The normalized spacial score (nSPS) is 22.0. The maximum atomic E-state index is 12.4. The van der Waals surface area contributed by atoms with Crippen LogP contribution in [0.5, 0.6) is 0 Å². The van der Waals surface area contributed by atoms with E-state index >= 15 is 0 Å². The monoisotopic (exact) mass is 361 g/mol. The van der Waals surface area contributed by atoms with E-state index in [-0.39, 0.29) is 17.7 Å². The smallest absolute Gasteiger partial charge is 0.225 e. The van der Waals surface area contributed by atoms with Gasteiger partial charge in [-0.1, -0.05) is 19.3 Å². The Morgan fingerprint density at radius 1 is 1.32 bits per heavy atom. The Hall–Kier alpha value is -1.96. The molecule has 1 atom stereocenters. The zero-order chi connectivity index (χ0) is 17.2. The van der Waals surface area contributed by atoms with Crippen LogP contribution < -0.4 is 5.32 Å². The van der Waals surface area contributed by atoms with Gasteiger partial charge in [0, 0.05) is 37.4 Å². The summed E-state index contributed by atoms with van der Waals surface area (Å²) in [5.41, 5.74) is 1.05. The quantitative estimate of drug-likeness (QED) is 0.878. The first-order valence-electron chi connectivity index (χ1n) is 9.05. The number of likely N-dealkylation sites (tertiary alicyclic amines) is 1. The molecular formula is C17H23N5O2S. The van der Waals surface area contributed by atoms with Crippen molar-refractivity contribution in [1.29, 1.82) is 0 Å². The minimum Gasteiger partial charge on any atom is -0.355 e. The first-order chi connectivity index (χ1) is 12.2. The predicted octanol–water partition coefficient (Wildman–Crippen LogP) is 1.63. The van der Waals surface area contributed by atoms with Gasteiger partial charge in [0.25, 0.3) is 0 Å². The topological polar surface area (TPSA) is 79.6 Å². The molecule has 1 saturated heterocycles. The summed E-state index contributed by atoms with van der Waals surface area (Å²) in [6.45, 7) is 1.14. The number of nitrogens with one attached hydrogen (secondary N) is 1. The maximum absolute atomic E-state index is 12.4. The number of hydrogen-bond donors (Lipinski definition) is 1. The molecule has 1 aliphatic heterocycles. The van der Waals surface area contributed by atoms with Gasteiger partial charge in [-0.3, -0.25) is 9.59 Å². The number of carbonyl (C=O) groups excluding carboxylic acids is 2. The van der Waals surface area contributed by atoms with Gasteiger partial charge in [-0.15, -0.1) is 11.3 Å². The van der Waals surface area contributed by atoms with E-state index < -0.39 is 0 Å². The number of carbonyl (C=O) groups is 2. The highest BCUT2D eigenvalue weighted by molar-refractivity contribution is 7.15. The second-order valence-corrected chi connectivity index (χ2v) is 7.80. The lowest BCUT2D eigenvalue weighted by Gasteiger charge is -2.31. The van der Waals surface area contributed by atoms with Crippen molar-refractivity contribution in [2.24, 2.45) is 5.92 Å². The molecule has 2 aromatic rings. The molecule has 134 valence electrons. The number of fused-ring (bicyclic) bond motifs is 1. The summed E-state index contributed by atoms with van der Waals surface area (Å²) in [4.78, 5) is 31.7. The van der Waals surface area contributed by atoms with Crippen molar-refractivity contribution in [3.8, 4) is 0 Å². The minimum atomic E-state index is -0.205. The Morgan fingerprint density at radius 3 is 3.00 bits per heavy atom. The lowest BCUT2D eigenvalue weighted by molar-refractivity contribution is -0.130. The van der Waals surface area contributed by atoms with Crippen LogP contribution in [0.4, 0.5) is 0 Å². The number of rotatable bonds is 5. The molecule has 0 spiro atoms. The molecule has 2 fully saturated rings. The number of amides is 2. The number of hydrogen-bond acceptors (Lipinski definition) is 5. The lowest BCUT2D eigenvalue weighted by atomic mass is 9.94. The van der Waals surface area contributed by atoms with Crippen molar-refractivity contribution in [2.45, 2.75) is 51.0 Å². The first-order valence-corrected chi connectivity index (χ1v) is 9.93. The van der Waals surface area contributed by atoms with Crippen LogP contribution in [0.25, 0.3) is 4.96 Å². The van der Waals surface area contributed by atoms with Crippen molar-refractivity contribution in [1.82, 2.24) is 24.8 Å². The highest BCUT2D eigenvalue weighted by Gasteiger charge is 2.37. The van der Waals surface area contributed by atoms with Crippen LogP contribution in [0.1, 0.15) is 44.2 Å². The molecule has 0 aromatic carbocycles. The number of thiazole rings is 1. The Labute approximate surface area is 150 Å². The zero-order valence-corrected chi connectivity index (χ0v) is 15.0. The Bertz CT molecular complexity index is 764. The molecule has 1 unspecified atom stereocenters. The molecule has 0 bridgehead atoms. The van der Waals surface area contributed by atoms with E-state index in [2.05, 4.69) is 15.4 Å². The molecule has 4 rings (SSSR count). The lowest BCUT2D eigenvalue weighted by Crippen LogP contribution is -2.39. The number of nitrogens with zero attached hydrogens (tertiary/aromatic N) is 4. The van der Waals surface area contributed by atoms with Gasteiger partial charge < -0.3 is 10.2 Å². The van der Waals surface area contributed by atoms with E-state index in [1.807, 2.05) is 10.3 Å². The third-order valence-electron chi connectivity index (χ3n) is 5.31. The summed E-state index contributed by atoms with van der Waals surface area (Å²) >= 11 is 1.55. The molecule has 25 heavy (non-hydrogen) atoms. The fourth-order valence-corrected chi connectivity index (χ4v) is 4.79. The van der Waals surface area contributed by atoms with Crippen molar-refractivity contribution >= 4 is 28.1 Å². The van der Waals surface area contributed by atoms with Gasteiger partial charge in [0.05, 0.1) is 11.6 Å². The third kappa shape index (κ3) is 3.40. The van der Waals surface area contributed by atoms with Gasteiger partial charge in [0.2, 0.25) is 16.8 Å². The van der Waals surface area contributed by atoms with E-state index in [4.69, 9.17) is 0 Å². The van der Waals surface area contributed by atoms with Gasteiger partial charge in [-0.05, 0) is 12.8 Å². The van der Waals surface area contributed by atoms with Gasteiger partial charge in [0.1, 0.15) is 6.33 Å². The molecule has 1 aliphatic carbocycles. The second-order valence-electron chi connectivity index (χ2n) is 6.96. The van der Waals surface area contributed by atoms with Gasteiger partial charge in [0.15, 0.2) is 0 Å². The Kier molecular flexibility index (Phi) is 4.70. The van der Waals surface area contributed by atoms with E-state index in [0.29, 0.717) is 32.0 Å². The Balaban J connectivity index is 1.28. The van der Waals surface area contributed by atoms with Crippen LogP contribution in [0.3, 0.4) is 0 Å². The number of aromatic nitrogens is 3. The standard InChI is InChI=1S/C17H23N5O2S/c23-15-8-12(9-21(15)13-4-2-1-3-5-13)16(24)18-7-6-14-10-25-17-19-11-20-22(14)17/h10-13H,1-9H2,(H,18,24).